The summed E-state index contributed by atoms with van der Waals surface area (Å²) in [6.45, 7) is 2.59. The summed E-state index contributed by atoms with van der Waals surface area (Å²) in [7, 11) is 1.68. The molecule has 24 heavy (non-hydrogen) atoms. The van der Waals surface area contributed by atoms with Crippen molar-refractivity contribution >= 4 is 17.7 Å². The number of amides is 1. The maximum Gasteiger partial charge on any atom is 0.232 e. The summed E-state index contributed by atoms with van der Waals surface area (Å²) < 4.78 is 10.9. The Labute approximate surface area is 148 Å². The molecule has 2 atom stereocenters. The van der Waals surface area contributed by atoms with Gasteiger partial charge >= 0.3 is 0 Å². The average molecular weight is 349 g/mol. The van der Waals surface area contributed by atoms with Gasteiger partial charge in [-0.15, -0.1) is 11.8 Å². The van der Waals surface area contributed by atoms with Crippen LogP contribution in [-0.4, -0.2) is 55.2 Å². The molecule has 1 aromatic rings. The predicted molar refractivity (Wildman–Crippen MR) is 97.8 cm³/mol. The molecule has 0 unspecified atom stereocenters. The second kappa shape index (κ2) is 8.77. The number of carbonyl (C=O) groups is 1. The number of rotatable bonds is 6. The molecule has 2 heterocycles. The first kappa shape index (κ1) is 17.6. The highest BCUT2D eigenvalue weighted by molar-refractivity contribution is 7.99. The van der Waals surface area contributed by atoms with E-state index in [2.05, 4.69) is 12.1 Å². The Morgan fingerprint density at radius 2 is 2.12 bits per heavy atom. The van der Waals surface area contributed by atoms with Crippen molar-refractivity contribution in [1.82, 2.24) is 4.90 Å². The molecule has 1 amide bonds. The van der Waals surface area contributed by atoms with Crippen LogP contribution in [0.2, 0.25) is 0 Å². The lowest BCUT2D eigenvalue weighted by Crippen LogP contribution is -2.30. The van der Waals surface area contributed by atoms with Crippen molar-refractivity contribution in [3.8, 4) is 5.75 Å². The van der Waals surface area contributed by atoms with E-state index in [-0.39, 0.29) is 5.91 Å². The standard InChI is InChI=1S/C19H27NO3S/c1-22-17-7-5-15(6-8-17)16-9-10-20(12-16)19(21)14-24-13-18-4-2-3-11-23-18/h5-8,16,18H,2-4,9-14H2,1H3/t16-,18+/m0/s1. The van der Waals surface area contributed by atoms with E-state index in [4.69, 9.17) is 9.47 Å². The summed E-state index contributed by atoms with van der Waals surface area (Å²) in [5, 5.41) is 0. The molecule has 2 saturated heterocycles. The first-order valence-electron chi connectivity index (χ1n) is 8.87. The zero-order chi connectivity index (χ0) is 16.8. The van der Waals surface area contributed by atoms with Crippen molar-refractivity contribution in [3.63, 3.8) is 0 Å². The minimum atomic E-state index is 0.270. The van der Waals surface area contributed by atoms with E-state index < -0.39 is 0 Å². The lowest BCUT2D eigenvalue weighted by Gasteiger charge is -2.22. The maximum absolute atomic E-state index is 12.4. The topological polar surface area (TPSA) is 38.8 Å². The molecule has 2 aliphatic rings. The van der Waals surface area contributed by atoms with Gasteiger partial charge in [0, 0.05) is 31.4 Å². The third kappa shape index (κ3) is 4.67. The van der Waals surface area contributed by atoms with Crippen LogP contribution in [0.5, 0.6) is 5.75 Å². The van der Waals surface area contributed by atoms with Crippen molar-refractivity contribution in [1.29, 1.82) is 0 Å². The molecule has 0 aliphatic carbocycles. The number of methoxy groups -OCH3 is 1. The van der Waals surface area contributed by atoms with Gasteiger partial charge in [-0.3, -0.25) is 4.79 Å². The molecule has 0 spiro atoms. The number of benzene rings is 1. The molecule has 2 fully saturated rings. The van der Waals surface area contributed by atoms with Gasteiger partial charge in [0.25, 0.3) is 0 Å². The van der Waals surface area contributed by atoms with E-state index in [1.54, 1.807) is 18.9 Å². The van der Waals surface area contributed by atoms with Crippen LogP contribution in [0.25, 0.3) is 0 Å². The van der Waals surface area contributed by atoms with E-state index in [0.29, 0.717) is 17.8 Å². The first-order valence-corrected chi connectivity index (χ1v) is 10.0. The third-order valence-corrected chi connectivity index (χ3v) is 5.99. The van der Waals surface area contributed by atoms with Crippen LogP contribution in [-0.2, 0) is 9.53 Å². The predicted octanol–water partition coefficient (Wildman–Crippen LogP) is 3.31. The van der Waals surface area contributed by atoms with E-state index in [1.807, 2.05) is 17.0 Å². The monoisotopic (exact) mass is 349 g/mol. The smallest absolute Gasteiger partial charge is 0.232 e. The van der Waals surface area contributed by atoms with Gasteiger partial charge < -0.3 is 14.4 Å². The van der Waals surface area contributed by atoms with E-state index in [0.717, 1.165) is 44.0 Å². The average Bonchev–Trinajstić information content (AvgIpc) is 3.13. The number of thioether (sulfide) groups is 1. The Morgan fingerprint density at radius 3 is 2.83 bits per heavy atom. The van der Waals surface area contributed by atoms with Crippen molar-refractivity contribution in [2.75, 3.05) is 38.3 Å². The lowest BCUT2D eigenvalue weighted by molar-refractivity contribution is -0.127. The Kier molecular flexibility index (Phi) is 6.44. The van der Waals surface area contributed by atoms with Gasteiger partial charge in [0.1, 0.15) is 5.75 Å². The van der Waals surface area contributed by atoms with Crippen LogP contribution in [0.4, 0.5) is 0 Å². The molecule has 0 N–H and O–H groups in total. The van der Waals surface area contributed by atoms with Crippen LogP contribution in [0.15, 0.2) is 24.3 Å². The summed E-state index contributed by atoms with van der Waals surface area (Å²) in [5.41, 5.74) is 1.30. The van der Waals surface area contributed by atoms with Crippen LogP contribution in [0.1, 0.15) is 37.2 Å². The zero-order valence-corrected chi connectivity index (χ0v) is 15.2. The fourth-order valence-electron chi connectivity index (χ4n) is 3.44. The Bertz CT molecular complexity index is 528. The number of likely N-dealkylation sites (tertiary alicyclic amines) is 1. The fraction of sp³-hybridized carbons (Fsp3) is 0.632. The molecule has 132 valence electrons. The van der Waals surface area contributed by atoms with Crippen molar-refractivity contribution in [3.05, 3.63) is 29.8 Å². The molecule has 2 aliphatic heterocycles. The van der Waals surface area contributed by atoms with Gasteiger partial charge in [0.15, 0.2) is 0 Å². The third-order valence-electron chi connectivity index (χ3n) is 4.93. The van der Waals surface area contributed by atoms with Gasteiger partial charge in [-0.25, -0.2) is 0 Å². The molecule has 0 aromatic heterocycles. The summed E-state index contributed by atoms with van der Waals surface area (Å²) >= 11 is 1.72. The molecule has 5 heteroatoms. The summed E-state index contributed by atoms with van der Waals surface area (Å²) in [5.74, 6) is 3.13. The Morgan fingerprint density at radius 1 is 1.29 bits per heavy atom. The zero-order valence-electron chi connectivity index (χ0n) is 14.4. The summed E-state index contributed by atoms with van der Waals surface area (Å²) in [6.07, 6.45) is 4.98. The number of ether oxygens (including phenoxy) is 2. The molecule has 0 bridgehead atoms. The van der Waals surface area contributed by atoms with Crippen LogP contribution >= 0.6 is 11.8 Å². The van der Waals surface area contributed by atoms with Gasteiger partial charge in [0.2, 0.25) is 5.91 Å². The minimum Gasteiger partial charge on any atom is -0.497 e. The maximum atomic E-state index is 12.4. The fourth-order valence-corrected chi connectivity index (χ4v) is 4.44. The molecular weight excluding hydrogens is 322 g/mol. The van der Waals surface area contributed by atoms with E-state index in [1.165, 1.54) is 18.4 Å². The quantitative estimate of drug-likeness (QED) is 0.790. The molecule has 4 nitrogen and oxygen atoms in total. The van der Waals surface area contributed by atoms with Gasteiger partial charge in [0.05, 0.1) is 19.0 Å². The van der Waals surface area contributed by atoms with Crippen molar-refractivity contribution < 1.29 is 14.3 Å². The highest BCUT2D eigenvalue weighted by atomic mass is 32.2. The Balaban J connectivity index is 1.41. The number of carbonyl (C=O) groups excluding carboxylic acids is 1. The molecule has 1 aromatic carbocycles. The van der Waals surface area contributed by atoms with Crippen LogP contribution in [0.3, 0.4) is 0 Å². The Hall–Kier alpha value is -1.20. The highest BCUT2D eigenvalue weighted by Gasteiger charge is 2.27. The number of nitrogens with zero attached hydrogens (tertiary/aromatic N) is 1. The number of hydrogen-bond acceptors (Lipinski definition) is 4. The van der Waals surface area contributed by atoms with Gasteiger partial charge in [-0.1, -0.05) is 12.1 Å². The summed E-state index contributed by atoms with van der Waals surface area (Å²) in [4.78, 5) is 14.4. The van der Waals surface area contributed by atoms with Crippen LogP contribution in [0, 0.1) is 0 Å². The van der Waals surface area contributed by atoms with E-state index in [9.17, 15) is 4.79 Å². The SMILES string of the molecule is COc1ccc([C@H]2CCN(C(=O)CSC[C@H]3CCCCO3)C2)cc1. The molecular formula is C19H27NO3S. The van der Waals surface area contributed by atoms with Gasteiger partial charge in [-0.2, -0.15) is 0 Å². The highest BCUT2D eigenvalue weighted by Crippen LogP contribution is 2.29. The van der Waals surface area contributed by atoms with Gasteiger partial charge in [-0.05, 0) is 43.4 Å². The number of hydrogen-bond donors (Lipinski definition) is 0. The normalized spacial score (nSPS) is 24.1. The van der Waals surface area contributed by atoms with Crippen molar-refractivity contribution in [2.24, 2.45) is 0 Å². The lowest BCUT2D eigenvalue weighted by atomic mass is 9.98. The second-order valence-electron chi connectivity index (χ2n) is 6.60. The molecule has 0 saturated carbocycles. The molecule has 0 radical (unpaired) electrons. The summed E-state index contributed by atoms with van der Waals surface area (Å²) in [6, 6.07) is 8.24. The first-order chi connectivity index (χ1) is 11.8. The molecule has 3 rings (SSSR count). The van der Waals surface area contributed by atoms with Crippen molar-refractivity contribution in [2.45, 2.75) is 37.7 Å². The minimum absolute atomic E-state index is 0.270. The largest absolute Gasteiger partial charge is 0.497 e. The second-order valence-corrected chi connectivity index (χ2v) is 7.63. The van der Waals surface area contributed by atoms with Crippen LogP contribution < -0.4 is 4.74 Å². The van der Waals surface area contributed by atoms with E-state index >= 15 is 0 Å².